The minimum absolute atomic E-state index is 0.0331. The second kappa shape index (κ2) is 9.92. The molecule has 1 aromatic rings. The van der Waals surface area contributed by atoms with Crippen molar-refractivity contribution < 1.29 is 19.1 Å². The predicted molar refractivity (Wildman–Crippen MR) is 104 cm³/mol. The molecule has 3 unspecified atom stereocenters. The highest BCUT2D eigenvalue weighted by Crippen LogP contribution is 2.40. The van der Waals surface area contributed by atoms with Gasteiger partial charge in [0.1, 0.15) is 0 Å². The van der Waals surface area contributed by atoms with Crippen molar-refractivity contribution in [3.63, 3.8) is 0 Å². The van der Waals surface area contributed by atoms with Crippen molar-refractivity contribution in [3.8, 4) is 0 Å². The Labute approximate surface area is 158 Å². The molecule has 0 amide bonds. The summed E-state index contributed by atoms with van der Waals surface area (Å²) in [6, 6.07) is 9.38. The third kappa shape index (κ3) is 6.12. The van der Waals surface area contributed by atoms with E-state index in [4.69, 9.17) is 21.7 Å². The molecule has 1 aromatic carbocycles. The molecule has 1 saturated carbocycles. The van der Waals surface area contributed by atoms with E-state index in [-0.39, 0.29) is 29.5 Å². The minimum Gasteiger partial charge on any atom is -0.479 e. The molecular formula is C19H24O4S2. The van der Waals surface area contributed by atoms with Gasteiger partial charge in [0.25, 0.3) is 0 Å². The molecule has 25 heavy (non-hydrogen) atoms. The largest absolute Gasteiger partial charge is 0.479 e. The van der Waals surface area contributed by atoms with Gasteiger partial charge in [-0.25, -0.2) is 0 Å². The molecule has 0 N–H and O–H groups in total. The topological polar surface area (TPSA) is 52.6 Å². The molecule has 3 atom stereocenters. The molecule has 1 fully saturated rings. The minimum atomic E-state index is -0.283. The van der Waals surface area contributed by atoms with E-state index in [0.717, 1.165) is 24.2 Å². The van der Waals surface area contributed by atoms with E-state index >= 15 is 0 Å². The van der Waals surface area contributed by atoms with Gasteiger partial charge in [0.2, 0.25) is 4.38 Å². The van der Waals surface area contributed by atoms with Crippen LogP contribution in [0.2, 0.25) is 0 Å². The molecule has 0 heterocycles. The molecule has 1 aliphatic rings. The summed E-state index contributed by atoms with van der Waals surface area (Å²) < 4.78 is 11.1. The van der Waals surface area contributed by atoms with Gasteiger partial charge in [-0.3, -0.25) is 9.59 Å². The monoisotopic (exact) mass is 380 g/mol. The fourth-order valence-corrected chi connectivity index (χ4v) is 4.51. The quantitative estimate of drug-likeness (QED) is 0.403. The Hall–Kier alpha value is -1.40. The van der Waals surface area contributed by atoms with Crippen LogP contribution in [0.25, 0.3) is 0 Å². The average Bonchev–Trinajstić information content (AvgIpc) is 3.01. The molecule has 0 bridgehead atoms. The van der Waals surface area contributed by atoms with Crippen molar-refractivity contribution in [2.75, 3.05) is 19.0 Å². The highest BCUT2D eigenvalue weighted by atomic mass is 32.2. The van der Waals surface area contributed by atoms with Gasteiger partial charge in [0, 0.05) is 24.2 Å². The summed E-state index contributed by atoms with van der Waals surface area (Å²) in [4.78, 5) is 23.9. The molecule has 0 saturated heterocycles. The van der Waals surface area contributed by atoms with Crippen molar-refractivity contribution in [2.45, 2.75) is 26.7 Å². The van der Waals surface area contributed by atoms with E-state index < -0.39 is 0 Å². The summed E-state index contributed by atoms with van der Waals surface area (Å²) in [6.07, 6.45) is 1.54. The van der Waals surface area contributed by atoms with Gasteiger partial charge >= 0.3 is 5.97 Å². The van der Waals surface area contributed by atoms with Gasteiger partial charge in [-0.15, -0.1) is 0 Å². The molecule has 136 valence electrons. The van der Waals surface area contributed by atoms with E-state index in [1.807, 2.05) is 37.3 Å². The summed E-state index contributed by atoms with van der Waals surface area (Å²) in [7, 11) is 0. The Balaban J connectivity index is 2.00. The fourth-order valence-electron chi connectivity index (χ4n) is 3.23. The van der Waals surface area contributed by atoms with Crippen LogP contribution in [0, 0.1) is 17.8 Å². The zero-order chi connectivity index (χ0) is 18.2. The van der Waals surface area contributed by atoms with Crippen molar-refractivity contribution in [3.05, 3.63) is 35.9 Å². The Morgan fingerprint density at radius 3 is 2.48 bits per heavy atom. The number of carbonyl (C=O) groups excluding carboxylic acids is 2. The normalized spacial score (nSPS) is 22.4. The van der Waals surface area contributed by atoms with Crippen molar-refractivity contribution in [1.29, 1.82) is 0 Å². The molecule has 0 radical (unpaired) electrons. The molecule has 6 heteroatoms. The van der Waals surface area contributed by atoms with Crippen LogP contribution in [0.15, 0.2) is 30.3 Å². The number of thioether (sulfide) groups is 1. The molecule has 0 aliphatic heterocycles. The van der Waals surface area contributed by atoms with Crippen LogP contribution in [-0.2, 0) is 14.3 Å². The van der Waals surface area contributed by atoms with Crippen LogP contribution in [0.4, 0.5) is 0 Å². The lowest BCUT2D eigenvalue weighted by Crippen LogP contribution is -2.19. The first-order valence-electron chi connectivity index (χ1n) is 8.53. The van der Waals surface area contributed by atoms with Gasteiger partial charge < -0.3 is 9.47 Å². The molecule has 0 spiro atoms. The number of benzene rings is 1. The van der Waals surface area contributed by atoms with Crippen molar-refractivity contribution in [1.82, 2.24) is 0 Å². The van der Waals surface area contributed by atoms with Gasteiger partial charge in [0.05, 0.1) is 13.2 Å². The highest BCUT2D eigenvalue weighted by molar-refractivity contribution is 8.22. The number of hydrogen-bond donors (Lipinski definition) is 0. The van der Waals surface area contributed by atoms with E-state index in [1.165, 1.54) is 18.7 Å². The first kappa shape index (κ1) is 19.9. The van der Waals surface area contributed by atoms with Crippen LogP contribution < -0.4 is 0 Å². The number of esters is 1. The van der Waals surface area contributed by atoms with Gasteiger partial charge in [-0.2, -0.15) is 0 Å². The Morgan fingerprint density at radius 2 is 1.84 bits per heavy atom. The summed E-state index contributed by atoms with van der Waals surface area (Å²) in [5.41, 5.74) is 0.747. The number of ketones is 1. The summed E-state index contributed by atoms with van der Waals surface area (Å²) in [6.45, 7) is 4.24. The molecule has 2 rings (SSSR count). The Morgan fingerprint density at radius 1 is 1.16 bits per heavy atom. The van der Waals surface area contributed by atoms with Gasteiger partial charge in [-0.1, -0.05) is 42.1 Å². The number of Topliss-reactive ketones (excluding diaryl/α,β-unsaturated/α-hetero) is 1. The van der Waals surface area contributed by atoms with Crippen molar-refractivity contribution >= 4 is 40.1 Å². The van der Waals surface area contributed by atoms with Crippen LogP contribution in [0.5, 0.6) is 0 Å². The summed E-state index contributed by atoms with van der Waals surface area (Å²) in [5, 5.41) is 0. The van der Waals surface area contributed by atoms with E-state index in [2.05, 4.69) is 0 Å². The lowest BCUT2D eigenvalue weighted by Gasteiger charge is -2.18. The van der Waals surface area contributed by atoms with Crippen LogP contribution in [0.1, 0.15) is 37.0 Å². The maximum absolute atomic E-state index is 12.8. The second-order valence-electron chi connectivity index (χ2n) is 6.22. The SMILES string of the molecule is CCOC(=S)SCC1CC(C(=O)c2ccccc2)CC1COC(C)=O. The van der Waals surface area contributed by atoms with Crippen LogP contribution in [0.3, 0.4) is 0 Å². The second-order valence-corrected chi connectivity index (χ2v) is 7.84. The number of hydrogen-bond acceptors (Lipinski definition) is 6. The van der Waals surface area contributed by atoms with Crippen LogP contribution >= 0.6 is 24.0 Å². The van der Waals surface area contributed by atoms with E-state index in [1.54, 1.807) is 0 Å². The molecule has 0 aromatic heterocycles. The number of ether oxygens (including phenoxy) is 2. The Bertz CT molecular complexity index is 603. The number of carbonyl (C=O) groups is 2. The lowest BCUT2D eigenvalue weighted by atomic mass is 9.95. The first-order chi connectivity index (χ1) is 12.0. The molecular weight excluding hydrogens is 356 g/mol. The van der Waals surface area contributed by atoms with Gasteiger partial charge in [-0.05, 0) is 43.8 Å². The smallest absolute Gasteiger partial charge is 0.302 e. The third-order valence-electron chi connectivity index (χ3n) is 4.45. The molecule has 1 aliphatic carbocycles. The zero-order valence-electron chi connectivity index (χ0n) is 14.6. The zero-order valence-corrected chi connectivity index (χ0v) is 16.2. The maximum Gasteiger partial charge on any atom is 0.302 e. The predicted octanol–water partition coefficient (Wildman–Crippen LogP) is 4.13. The fraction of sp³-hybridized carbons (Fsp3) is 0.526. The van der Waals surface area contributed by atoms with Gasteiger partial charge in [0.15, 0.2) is 5.78 Å². The lowest BCUT2D eigenvalue weighted by molar-refractivity contribution is -0.142. The number of thiocarbonyl (C=S) groups is 1. The van der Waals surface area contributed by atoms with E-state index in [9.17, 15) is 9.59 Å². The maximum atomic E-state index is 12.8. The number of rotatable bonds is 7. The van der Waals surface area contributed by atoms with Crippen LogP contribution in [-0.4, -0.2) is 35.1 Å². The standard InChI is InChI=1S/C19H24O4S2/c1-3-22-19(24)25-12-17-10-15(9-16(17)11-23-13(2)20)18(21)14-7-5-4-6-8-14/h4-8,15-17H,3,9-12H2,1-2H3. The Kier molecular flexibility index (Phi) is 7.90. The first-order valence-corrected chi connectivity index (χ1v) is 9.92. The highest BCUT2D eigenvalue weighted by Gasteiger charge is 2.38. The molecule has 4 nitrogen and oxygen atoms in total. The van der Waals surface area contributed by atoms with E-state index in [0.29, 0.717) is 17.6 Å². The average molecular weight is 381 g/mol. The summed E-state index contributed by atoms with van der Waals surface area (Å²) in [5.74, 6) is 1.10. The van der Waals surface area contributed by atoms with Crippen molar-refractivity contribution in [2.24, 2.45) is 17.8 Å². The third-order valence-corrected chi connectivity index (χ3v) is 5.87. The summed E-state index contributed by atoms with van der Waals surface area (Å²) >= 11 is 6.68.